The second kappa shape index (κ2) is 4.07. The number of hydrogen-bond acceptors (Lipinski definition) is 3. The molecule has 0 unspecified atom stereocenters. The van der Waals surface area contributed by atoms with Crippen molar-refractivity contribution in [3.05, 3.63) is 54.4 Å². The van der Waals surface area contributed by atoms with Crippen LogP contribution in [0.3, 0.4) is 0 Å². The second-order valence-corrected chi connectivity index (χ2v) is 4.08. The highest BCUT2D eigenvalue weighted by Crippen LogP contribution is 2.16. The fraction of sp³-hybridized carbons (Fsp3) is 0.0714. The lowest BCUT2D eigenvalue weighted by molar-refractivity contribution is 0.101. The van der Waals surface area contributed by atoms with E-state index in [1.54, 1.807) is 29.2 Å². The molecule has 0 spiro atoms. The number of aromatic nitrogens is 3. The van der Waals surface area contributed by atoms with E-state index in [9.17, 15) is 4.79 Å². The van der Waals surface area contributed by atoms with Crippen LogP contribution in [0.5, 0.6) is 0 Å². The van der Waals surface area contributed by atoms with Gasteiger partial charge in [0.2, 0.25) is 0 Å². The summed E-state index contributed by atoms with van der Waals surface area (Å²) in [6, 6.07) is 11.5. The molecule has 4 heteroatoms. The van der Waals surface area contributed by atoms with Crippen molar-refractivity contribution < 1.29 is 4.79 Å². The molecule has 2 heterocycles. The number of nitrogens with zero attached hydrogens (tertiary/aromatic N) is 3. The topological polar surface area (TPSA) is 47.8 Å². The number of pyridine rings is 1. The van der Waals surface area contributed by atoms with Crippen molar-refractivity contribution in [2.24, 2.45) is 0 Å². The molecule has 0 aliphatic carbocycles. The number of Topliss-reactive ketones (excluding diaryl/α,β-unsaturated/α-hetero) is 1. The Balaban J connectivity index is 2.12. The molecule has 0 fully saturated rings. The third-order valence-corrected chi connectivity index (χ3v) is 2.85. The van der Waals surface area contributed by atoms with Crippen LogP contribution in [0.1, 0.15) is 17.3 Å². The van der Waals surface area contributed by atoms with Gasteiger partial charge in [-0.1, -0.05) is 18.2 Å². The summed E-state index contributed by atoms with van der Waals surface area (Å²) < 4.78 is 1.76. The van der Waals surface area contributed by atoms with Gasteiger partial charge in [-0.25, -0.2) is 9.67 Å². The first kappa shape index (κ1) is 10.7. The average Bonchev–Trinajstić information content (AvgIpc) is 2.82. The van der Waals surface area contributed by atoms with E-state index in [-0.39, 0.29) is 5.78 Å². The van der Waals surface area contributed by atoms with Crippen molar-refractivity contribution in [2.45, 2.75) is 6.92 Å². The summed E-state index contributed by atoms with van der Waals surface area (Å²) in [4.78, 5) is 15.5. The molecule has 2 aromatic heterocycles. The molecule has 0 saturated carbocycles. The van der Waals surface area contributed by atoms with Gasteiger partial charge < -0.3 is 0 Å². The first-order chi connectivity index (χ1) is 8.75. The van der Waals surface area contributed by atoms with Crippen molar-refractivity contribution in [1.82, 2.24) is 14.8 Å². The maximum Gasteiger partial charge on any atom is 0.161 e. The lowest BCUT2D eigenvalue weighted by Gasteiger charge is -2.02. The molecule has 0 aliphatic rings. The van der Waals surface area contributed by atoms with E-state index < -0.39 is 0 Å². The van der Waals surface area contributed by atoms with Gasteiger partial charge in [0, 0.05) is 17.1 Å². The van der Waals surface area contributed by atoms with Gasteiger partial charge in [0.1, 0.15) is 0 Å². The van der Waals surface area contributed by atoms with Gasteiger partial charge in [-0.15, -0.1) is 0 Å². The van der Waals surface area contributed by atoms with E-state index in [0.29, 0.717) is 11.4 Å². The Morgan fingerprint density at radius 1 is 1.11 bits per heavy atom. The Morgan fingerprint density at radius 3 is 2.67 bits per heavy atom. The summed E-state index contributed by atoms with van der Waals surface area (Å²) in [6.07, 6.45) is 3.38. The van der Waals surface area contributed by atoms with E-state index in [1.807, 2.05) is 24.3 Å². The van der Waals surface area contributed by atoms with Crippen LogP contribution in [0.25, 0.3) is 16.7 Å². The molecule has 0 amide bonds. The Hall–Kier alpha value is -2.49. The van der Waals surface area contributed by atoms with Gasteiger partial charge in [0.25, 0.3) is 0 Å². The van der Waals surface area contributed by atoms with E-state index in [1.165, 1.54) is 6.92 Å². The number of benzene rings is 1. The molecule has 0 aliphatic heterocycles. The largest absolute Gasteiger partial charge is 0.294 e. The molecular weight excluding hydrogens is 226 g/mol. The molecule has 3 rings (SSSR count). The van der Waals surface area contributed by atoms with Crippen LogP contribution in [0.15, 0.2) is 48.8 Å². The summed E-state index contributed by atoms with van der Waals surface area (Å²) in [5, 5.41) is 5.37. The number of carbonyl (C=O) groups excluding carboxylic acids is 1. The Labute approximate surface area is 104 Å². The van der Waals surface area contributed by atoms with E-state index in [2.05, 4.69) is 10.1 Å². The SMILES string of the molecule is CC(=O)c1ccc(-n2ncc3ccccc32)nc1. The minimum Gasteiger partial charge on any atom is -0.294 e. The Bertz CT molecular complexity index is 713. The van der Waals surface area contributed by atoms with Crippen molar-refractivity contribution in [3.8, 4) is 5.82 Å². The monoisotopic (exact) mass is 237 g/mol. The fourth-order valence-corrected chi connectivity index (χ4v) is 1.87. The lowest BCUT2D eigenvalue weighted by Crippen LogP contribution is -2.01. The van der Waals surface area contributed by atoms with Gasteiger partial charge in [0.05, 0.1) is 11.7 Å². The highest BCUT2D eigenvalue weighted by Gasteiger charge is 2.06. The molecule has 0 bridgehead atoms. The minimum absolute atomic E-state index is 0.0133. The molecule has 88 valence electrons. The van der Waals surface area contributed by atoms with Crippen LogP contribution in [0.4, 0.5) is 0 Å². The van der Waals surface area contributed by atoms with Gasteiger partial charge in [-0.2, -0.15) is 5.10 Å². The van der Waals surface area contributed by atoms with Gasteiger partial charge >= 0.3 is 0 Å². The molecule has 0 atom stereocenters. The summed E-state index contributed by atoms with van der Waals surface area (Å²) >= 11 is 0. The number of rotatable bonds is 2. The van der Waals surface area contributed by atoms with Crippen LogP contribution in [-0.4, -0.2) is 20.5 Å². The predicted molar refractivity (Wildman–Crippen MR) is 68.9 cm³/mol. The lowest BCUT2D eigenvalue weighted by atomic mass is 10.2. The fourth-order valence-electron chi connectivity index (χ4n) is 1.87. The molecule has 4 nitrogen and oxygen atoms in total. The highest BCUT2D eigenvalue weighted by molar-refractivity contribution is 5.93. The van der Waals surface area contributed by atoms with Gasteiger partial charge in [0.15, 0.2) is 11.6 Å². The zero-order chi connectivity index (χ0) is 12.5. The number of ketones is 1. The molecule has 0 radical (unpaired) electrons. The van der Waals surface area contributed by atoms with E-state index >= 15 is 0 Å². The van der Waals surface area contributed by atoms with Crippen LogP contribution >= 0.6 is 0 Å². The third-order valence-electron chi connectivity index (χ3n) is 2.85. The maximum atomic E-state index is 11.2. The first-order valence-corrected chi connectivity index (χ1v) is 5.66. The van der Waals surface area contributed by atoms with Crippen molar-refractivity contribution in [3.63, 3.8) is 0 Å². The van der Waals surface area contributed by atoms with Crippen LogP contribution in [0.2, 0.25) is 0 Å². The first-order valence-electron chi connectivity index (χ1n) is 5.66. The molecule has 1 aromatic carbocycles. The zero-order valence-electron chi connectivity index (χ0n) is 9.87. The van der Waals surface area contributed by atoms with E-state index in [4.69, 9.17) is 0 Å². The average molecular weight is 237 g/mol. The molecule has 18 heavy (non-hydrogen) atoms. The van der Waals surface area contributed by atoms with E-state index in [0.717, 1.165) is 10.9 Å². The van der Waals surface area contributed by atoms with Crippen molar-refractivity contribution in [2.75, 3.05) is 0 Å². The number of para-hydroxylation sites is 1. The summed E-state index contributed by atoms with van der Waals surface area (Å²) in [5.74, 6) is 0.723. The second-order valence-electron chi connectivity index (χ2n) is 4.08. The Morgan fingerprint density at radius 2 is 1.94 bits per heavy atom. The Kier molecular flexibility index (Phi) is 2.41. The summed E-state index contributed by atoms with van der Waals surface area (Å²) in [7, 11) is 0. The number of hydrogen-bond donors (Lipinski definition) is 0. The van der Waals surface area contributed by atoms with Crippen LogP contribution in [-0.2, 0) is 0 Å². The quantitative estimate of drug-likeness (QED) is 0.644. The maximum absolute atomic E-state index is 11.2. The molecule has 0 N–H and O–H groups in total. The normalized spacial score (nSPS) is 10.7. The smallest absolute Gasteiger partial charge is 0.161 e. The van der Waals surface area contributed by atoms with Gasteiger partial charge in [-0.05, 0) is 25.1 Å². The molecular formula is C14H11N3O. The van der Waals surface area contributed by atoms with Gasteiger partial charge in [-0.3, -0.25) is 4.79 Å². The number of fused-ring (bicyclic) bond motifs is 1. The van der Waals surface area contributed by atoms with Crippen molar-refractivity contribution in [1.29, 1.82) is 0 Å². The van der Waals surface area contributed by atoms with Crippen LogP contribution in [0, 0.1) is 0 Å². The standard InChI is InChI=1S/C14H11N3O/c1-10(18)11-6-7-14(15-8-11)17-13-5-3-2-4-12(13)9-16-17/h2-9H,1H3. The highest BCUT2D eigenvalue weighted by atomic mass is 16.1. The number of carbonyl (C=O) groups is 1. The van der Waals surface area contributed by atoms with Crippen LogP contribution < -0.4 is 0 Å². The van der Waals surface area contributed by atoms with Crippen molar-refractivity contribution >= 4 is 16.7 Å². The minimum atomic E-state index is 0.0133. The molecule has 0 saturated heterocycles. The zero-order valence-corrected chi connectivity index (χ0v) is 9.87. The summed E-state index contributed by atoms with van der Waals surface area (Å²) in [5.41, 5.74) is 1.61. The summed E-state index contributed by atoms with van der Waals surface area (Å²) in [6.45, 7) is 1.53. The predicted octanol–water partition coefficient (Wildman–Crippen LogP) is 2.62. The molecule has 3 aromatic rings. The third kappa shape index (κ3) is 1.68.